The van der Waals surface area contributed by atoms with E-state index >= 15 is 0 Å². The quantitative estimate of drug-likeness (QED) is 0.526. The van der Waals surface area contributed by atoms with Crippen molar-refractivity contribution in [3.8, 4) is 0 Å². The van der Waals surface area contributed by atoms with Crippen molar-refractivity contribution in [2.75, 3.05) is 0 Å². The second-order valence-electron chi connectivity index (χ2n) is 1.63. The first-order valence-electron chi connectivity index (χ1n) is 2.36. The van der Waals surface area contributed by atoms with Crippen LogP contribution < -0.4 is 12.4 Å². The molecule has 0 aliphatic heterocycles. The van der Waals surface area contributed by atoms with Gasteiger partial charge in [0, 0.05) is 30.4 Å². The number of halogens is 2. The molecular weight excluding hydrogens is 265 g/mol. The van der Waals surface area contributed by atoms with Gasteiger partial charge in [0.15, 0.2) is 0 Å². The van der Waals surface area contributed by atoms with E-state index in [9.17, 15) is 0 Å². The van der Waals surface area contributed by atoms with E-state index in [-0.39, 0.29) is 31.9 Å². The molecule has 51 valence electrons. The molecule has 0 N–H and O–H groups in total. The van der Waals surface area contributed by atoms with E-state index in [4.69, 9.17) is 0 Å². The summed E-state index contributed by atoms with van der Waals surface area (Å²) >= 11 is 3.32. The molecule has 0 nitrogen and oxygen atoms in total. The minimum absolute atomic E-state index is 0. The topological polar surface area (TPSA) is 0 Å². The van der Waals surface area contributed by atoms with Crippen LogP contribution in [0.4, 0.5) is 0 Å². The summed E-state index contributed by atoms with van der Waals surface area (Å²) in [5.74, 6) is 0. The summed E-state index contributed by atoms with van der Waals surface area (Å²) in [4.78, 5) is 0. The van der Waals surface area contributed by atoms with Gasteiger partial charge in [-0.25, -0.2) is 0 Å². The van der Waals surface area contributed by atoms with Crippen LogP contribution in [0.2, 0.25) is 0 Å². The third-order valence-electron chi connectivity index (χ3n) is 0.889. The van der Waals surface area contributed by atoms with Gasteiger partial charge >= 0.3 is 0 Å². The van der Waals surface area contributed by atoms with Gasteiger partial charge in [-0.3, -0.25) is 0 Å². The SMILES string of the molecule is C=C1[CH]C(Br)=CC=C1.[Cl-].[Zn]. The zero-order valence-corrected chi connectivity index (χ0v) is 10.8. The Bertz CT molecular complexity index is 172. The molecule has 10 heavy (non-hydrogen) atoms. The van der Waals surface area contributed by atoms with Gasteiger partial charge in [-0.15, -0.1) is 0 Å². The number of hydrogen-bond donors (Lipinski definition) is 0. The second-order valence-corrected chi connectivity index (χ2v) is 2.55. The third kappa shape index (κ3) is 4.43. The molecule has 0 bridgehead atoms. The van der Waals surface area contributed by atoms with Crippen molar-refractivity contribution in [1.82, 2.24) is 0 Å². The Morgan fingerprint density at radius 3 is 2.30 bits per heavy atom. The summed E-state index contributed by atoms with van der Waals surface area (Å²) in [5.41, 5.74) is 1.04. The maximum Gasteiger partial charge on any atom is 0.0264 e. The van der Waals surface area contributed by atoms with Crippen molar-refractivity contribution in [3.05, 3.63) is 41.3 Å². The molecule has 0 unspecified atom stereocenters. The van der Waals surface area contributed by atoms with E-state index in [1.165, 1.54) is 0 Å². The second kappa shape index (κ2) is 6.33. The molecule has 1 rings (SSSR count). The Labute approximate surface area is 88.8 Å². The van der Waals surface area contributed by atoms with Gasteiger partial charge in [0.1, 0.15) is 0 Å². The van der Waals surface area contributed by atoms with E-state index in [0.29, 0.717) is 0 Å². The average Bonchev–Trinajstić information content (AvgIpc) is 1.64. The summed E-state index contributed by atoms with van der Waals surface area (Å²) in [7, 11) is 0. The van der Waals surface area contributed by atoms with Crippen LogP contribution in [0, 0.1) is 6.42 Å². The molecule has 1 aliphatic rings. The van der Waals surface area contributed by atoms with E-state index in [2.05, 4.69) is 22.5 Å². The van der Waals surface area contributed by atoms with Crippen LogP contribution in [0.15, 0.2) is 34.9 Å². The van der Waals surface area contributed by atoms with Crippen LogP contribution in [-0.2, 0) is 19.5 Å². The van der Waals surface area contributed by atoms with Gasteiger partial charge in [0.2, 0.25) is 0 Å². The molecule has 0 amide bonds. The fourth-order valence-corrected chi connectivity index (χ4v) is 0.984. The Morgan fingerprint density at radius 2 is 2.00 bits per heavy atom. The van der Waals surface area contributed by atoms with Gasteiger partial charge in [0.25, 0.3) is 0 Å². The zero-order chi connectivity index (χ0) is 5.98. The summed E-state index contributed by atoms with van der Waals surface area (Å²) < 4.78 is 1.09. The van der Waals surface area contributed by atoms with E-state index in [1.807, 2.05) is 24.6 Å². The van der Waals surface area contributed by atoms with Crippen LogP contribution in [0.5, 0.6) is 0 Å². The van der Waals surface area contributed by atoms with Crippen molar-refractivity contribution in [3.63, 3.8) is 0 Å². The van der Waals surface area contributed by atoms with Crippen molar-refractivity contribution >= 4 is 15.9 Å². The van der Waals surface area contributed by atoms with Crippen LogP contribution in [0.3, 0.4) is 0 Å². The summed E-state index contributed by atoms with van der Waals surface area (Å²) in [6.07, 6.45) is 7.88. The van der Waals surface area contributed by atoms with E-state index in [0.717, 1.165) is 10.1 Å². The van der Waals surface area contributed by atoms with Gasteiger partial charge in [0.05, 0.1) is 0 Å². The van der Waals surface area contributed by atoms with Crippen molar-refractivity contribution in [2.45, 2.75) is 0 Å². The largest absolute Gasteiger partial charge is 1.00 e. The molecule has 1 aliphatic carbocycles. The molecule has 3 heteroatoms. The van der Waals surface area contributed by atoms with Crippen LogP contribution >= 0.6 is 15.9 Å². The Morgan fingerprint density at radius 1 is 1.40 bits per heavy atom. The minimum atomic E-state index is 0. The zero-order valence-electron chi connectivity index (χ0n) is 5.48. The van der Waals surface area contributed by atoms with Gasteiger partial charge < -0.3 is 12.4 Å². The smallest absolute Gasteiger partial charge is 0.0264 e. The summed E-state index contributed by atoms with van der Waals surface area (Å²) in [6, 6.07) is 0. The van der Waals surface area contributed by atoms with Crippen molar-refractivity contribution in [1.29, 1.82) is 0 Å². The maximum atomic E-state index is 3.75. The third-order valence-corrected chi connectivity index (χ3v) is 1.38. The molecule has 0 saturated heterocycles. The molecule has 1 radical (unpaired) electrons. The predicted molar refractivity (Wildman–Crippen MR) is 39.6 cm³/mol. The molecular formula is C7H6BrClZn-. The average molecular weight is 271 g/mol. The normalized spacial score (nSPS) is 14.9. The fourth-order valence-electron chi connectivity index (χ4n) is 0.537. The Hall–Kier alpha value is 0.613. The van der Waals surface area contributed by atoms with Crippen molar-refractivity contribution < 1.29 is 31.9 Å². The number of allylic oxidation sites excluding steroid dienone is 5. The molecule has 0 spiro atoms. The summed E-state index contributed by atoms with van der Waals surface area (Å²) in [6.45, 7) is 3.75. The fraction of sp³-hybridized carbons (Fsp3) is 0. The first-order chi connectivity index (χ1) is 3.79. The van der Waals surface area contributed by atoms with Crippen LogP contribution in [-0.4, -0.2) is 0 Å². The molecule has 0 atom stereocenters. The Balaban J connectivity index is 0. The Kier molecular flexibility index (Phi) is 8.37. The van der Waals surface area contributed by atoms with Crippen LogP contribution in [0.1, 0.15) is 0 Å². The summed E-state index contributed by atoms with van der Waals surface area (Å²) in [5, 5.41) is 0. The van der Waals surface area contributed by atoms with Crippen molar-refractivity contribution in [2.24, 2.45) is 0 Å². The first-order valence-corrected chi connectivity index (χ1v) is 3.16. The molecule has 0 aromatic carbocycles. The molecule has 0 aromatic rings. The van der Waals surface area contributed by atoms with Gasteiger partial charge in [-0.1, -0.05) is 40.7 Å². The predicted octanol–water partition coefficient (Wildman–Crippen LogP) is -0.403. The maximum absolute atomic E-state index is 3.75. The van der Waals surface area contributed by atoms with Gasteiger partial charge in [-0.2, -0.15) is 0 Å². The molecule has 0 saturated carbocycles. The van der Waals surface area contributed by atoms with E-state index < -0.39 is 0 Å². The number of rotatable bonds is 0. The number of hydrogen-bond acceptors (Lipinski definition) is 0. The minimum Gasteiger partial charge on any atom is -1.00 e. The monoisotopic (exact) mass is 268 g/mol. The first kappa shape index (κ1) is 13.2. The van der Waals surface area contributed by atoms with Gasteiger partial charge in [-0.05, 0) is 5.57 Å². The van der Waals surface area contributed by atoms with E-state index in [1.54, 1.807) is 0 Å². The molecule has 0 fully saturated rings. The standard InChI is InChI=1S/C7H6Br.ClH.Zn/c1-6-3-2-4-7(8)5-6;;/h2-5H,1H2;1H;/p-1. The molecule has 0 aromatic heterocycles. The van der Waals surface area contributed by atoms with Crippen LogP contribution in [0.25, 0.3) is 0 Å². The molecule has 0 heterocycles.